The summed E-state index contributed by atoms with van der Waals surface area (Å²) < 4.78 is 0. The number of H-pyrrole nitrogens is 1. The Labute approximate surface area is 120 Å². The lowest BCUT2D eigenvalue weighted by atomic mass is 9.98. The highest BCUT2D eigenvalue weighted by Gasteiger charge is 2.23. The van der Waals surface area contributed by atoms with Crippen molar-refractivity contribution in [1.29, 1.82) is 0 Å². The molecule has 3 heteroatoms. The third-order valence-electron chi connectivity index (χ3n) is 4.32. The van der Waals surface area contributed by atoms with E-state index >= 15 is 0 Å². The van der Waals surface area contributed by atoms with E-state index in [9.17, 15) is 4.79 Å². The van der Waals surface area contributed by atoms with Gasteiger partial charge in [0, 0.05) is 48.1 Å². The molecule has 0 aliphatic carbocycles. The molecule has 0 fully saturated rings. The zero-order chi connectivity index (χ0) is 14.3. The summed E-state index contributed by atoms with van der Waals surface area (Å²) in [6.07, 6.45) is 1.53. The van der Waals surface area contributed by atoms with Gasteiger partial charge in [-0.05, 0) is 23.6 Å². The van der Waals surface area contributed by atoms with E-state index in [0.717, 1.165) is 19.5 Å². The number of hydrogen-bond donors (Lipinski definition) is 1. The number of nitrogens with one attached hydrogen (secondary N) is 1. The van der Waals surface area contributed by atoms with Gasteiger partial charge in [-0.1, -0.05) is 26.8 Å². The van der Waals surface area contributed by atoms with E-state index < -0.39 is 0 Å². The normalized spacial score (nSPS) is 14.9. The molecule has 2 heterocycles. The van der Waals surface area contributed by atoms with Crippen molar-refractivity contribution in [3.63, 3.8) is 0 Å². The fraction of sp³-hybridized carbons (Fsp3) is 0.471. The van der Waals surface area contributed by atoms with Crippen molar-refractivity contribution in [3.8, 4) is 0 Å². The molecule has 0 bridgehead atoms. The van der Waals surface area contributed by atoms with Gasteiger partial charge in [-0.2, -0.15) is 0 Å². The fourth-order valence-corrected chi connectivity index (χ4v) is 3.03. The first-order valence-electron chi connectivity index (χ1n) is 7.51. The van der Waals surface area contributed by atoms with Crippen LogP contribution in [0.3, 0.4) is 0 Å². The standard InChI is InChI=1S/C17H22N2O/c1-4-17(20)19-8-7-16-14(10-19)13-9-12(11(2)3)5-6-15(13)18-16/h5-6,9,11,18H,4,7-8,10H2,1-3H3. The molecule has 2 aromatic rings. The van der Waals surface area contributed by atoms with Crippen molar-refractivity contribution in [2.24, 2.45) is 0 Å². The molecule has 1 aromatic carbocycles. The van der Waals surface area contributed by atoms with Crippen LogP contribution in [0.5, 0.6) is 0 Å². The maximum absolute atomic E-state index is 11.9. The quantitative estimate of drug-likeness (QED) is 0.889. The van der Waals surface area contributed by atoms with Crippen LogP contribution in [0.15, 0.2) is 18.2 Å². The van der Waals surface area contributed by atoms with Crippen LogP contribution in [0, 0.1) is 0 Å². The number of amides is 1. The zero-order valence-corrected chi connectivity index (χ0v) is 12.5. The second-order valence-electron chi connectivity index (χ2n) is 5.96. The van der Waals surface area contributed by atoms with E-state index in [1.54, 1.807) is 0 Å². The summed E-state index contributed by atoms with van der Waals surface area (Å²) in [5, 5.41) is 1.29. The largest absolute Gasteiger partial charge is 0.358 e. The molecular formula is C17H22N2O. The van der Waals surface area contributed by atoms with Crippen molar-refractivity contribution < 1.29 is 4.79 Å². The SMILES string of the molecule is CCC(=O)N1CCc2[nH]c3ccc(C(C)C)cc3c2C1. The third kappa shape index (κ3) is 2.11. The molecule has 0 spiro atoms. The van der Waals surface area contributed by atoms with E-state index in [-0.39, 0.29) is 5.91 Å². The number of rotatable bonds is 2. The van der Waals surface area contributed by atoms with Gasteiger partial charge in [-0.25, -0.2) is 0 Å². The summed E-state index contributed by atoms with van der Waals surface area (Å²) in [6, 6.07) is 6.66. The first kappa shape index (κ1) is 13.2. The molecule has 0 saturated heterocycles. The van der Waals surface area contributed by atoms with E-state index in [1.807, 2.05) is 11.8 Å². The van der Waals surface area contributed by atoms with Crippen LogP contribution >= 0.6 is 0 Å². The first-order chi connectivity index (χ1) is 9.60. The summed E-state index contributed by atoms with van der Waals surface area (Å²) >= 11 is 0. The minimum atomic E-state index is 0.255. The number of fused-ring (bicyclic) bond motifs is 3. The number of carbonyl (C=O) groups excluding carboxylic acids is 1. The molecule has 1 N–H and O–H groups in total. The van der Waals surface area contributed by atoms with Crippen LogP contribution in [0.25, 0.3) is 10.9 Å². The summed E-state index contributed by atoms with van der Waals surface area (Å²) in [7, 11) is 0. The Morgan fingerprint density at radius 1 is 1.40 bits per heavy atom. The van der Waals surface area contributed by atoms with E-state index in [0.29, 0.717) is 12.3 Å². The van der Waals surface area contributed by atoms with Gasteiger partial charge in [0.1, 0.15) is 0 Å². The van der Waals surface area contributed by atoms with Crippen molar-refractivity contribution >= 4 is 16.8 Å². The molecule has 0 unspecified atom stereocenters. The number of nitrogens with zero attached hydrogens (tertiary/aromatic N) is 1. The Bertz CT molecular complexity index is 654. The summed E-state index contributed by atoms with van der Waals surface area (Å²) in [6.45, 7) is 7.96. The molecule has 1 aromatic heterocycles. The Morgan fingerprint density at radius 3 is 2.90 bits per heavy atom. The number of aromatic nitrogens is 1. The topological polar surface area (TPSA) is 36.1 Å². The van der Waals surface area contributed by atoms with Crippen molar-refractivity contribution in [2.45, 2.75) is 46.1 Å². The first-order valence-corrected chi connectivity index (χ1v) is 7.51. The zero-order valence-electron chi connectivity index (χ0n) is 12.5. The fourth-order valence-electron chi connectivity index (χ4n) is 3.03. The van der Waals surface area contributed by atoms with Crippen LogP contribution in [-0.2, 0) is 17.8 Å². The van der Waals surface area contributed by atoms with Crippen molar-refractivity contribution in [2.75, 3.05) is 6.54 Å². The minimum Gasteiger partial charge on any atom is -0.358 e. The molecule has 0 radical (unpaired) electrons. The minimum absolute atomic E-state index is 0.255. The van der Waals surface area contributed by atoms with Crippen molar-refractivity contribution in [3.05, 3.63) is 35.0 Å². The lowest BCUT2D eigenvalue weighted by Crippen LogP contribution is -2.35. The average Bonchev–Trinajstić information content (AvgIpc) is 2.83. The number of hydrogen-bond acceptors (Lipinski definition) is 1. The van der Waals surface area contributed by atoms with Crippen LogP contribution in [-0.4, -0.2) is 22.3 Å². The lowest BCUT2D eigenvalue weighted by molar-refractivity contribution is -0.131. The van der Waals surface area contributed by atoms with Crippen LogP contribution in [0.4, 0.5) is 0 Å². The van der Waals surface area contributed by atoms with Gasteiger partial charge in [0.05, 0.1) is 0 Å². The van der Waals surface area contributed by atoms with Gasteiger partial charge in [-0.3, -0.25) is 4.79 Å². The number of benzene rings is 1. The molecule has 1 aliphatic rings. The maximum atomic E-state index is 11.9. The second kappa shape index (κ2) is 4.97. The van der Waals surface area contributed by atoms with Crippen LogP contribution in [0.1, 0.15) is 49.9 Å². The van der Waals surface area contributed by atoms with Gasteiger partial charge in [0.25, 0.3) is 0 Å². The Balaban J connectivity index is 2.04. The van der Waals surface area contributed by atoms with Crippen LogP contribution < -0.4 is 0 Å². The van der Waals surface area contributed by atoms with Gasteiger partial charge < -0.3 is 9.88 Å². The molecular weight excluding hydrogens is 248 g/mol. The van der Waals surface area contributed by atoms with Gasteiger partial charge in [0.2, 0.25) is 5.91 Å². The molecule has 0 saturated carbocycles. The number of aromatic amines is 1. The van der Waals surface area contributed by atoms with Gasteiger partial charge in [0.15, 0.2) is 0 Å². The van der Waals surface area contributed by atoms with Crippen molar-refractivity contribution in [1.82, 2.24) is 9.88 Å². The van der Waals surface area contributed by atoms with E-state index in [1.165, 1.54) is 27.7 Å². The highest BCUT2D eigenvalue weighted by molar-refractivity contribution is 5.86. The monoisotopic (exact) mass is 270 g/mol. The highest BCUT2D eigenvalue weighted by Crippen LogP contribution is 2.30. The molecule has 106 valence electrons. The molecule has 1 amide bonds. The predicted molar refractivity (Wildman–Crippen MR) is 81.8 cm³/mol. The van der Waals surface area contributed by atoms with Gasteiger partial charge >= 0.3 is 0 Å². The second-order valence-corrected chi connectivity index (χ2v) is 5.96. The Hall–Kier alpha value is -1.77. The molecule has 1 aliphatic heterocycles. The Kier molecular flexibility index (Phi) is 3.28. The predicted octanol–water partition coefficient (Wildman–Crippen LogP) is 3.59. The third-order valence-corrected chi connectivity index (χ3v) is 4.32. The molecule has 20 heavy (non-hydrogen) atoms. The van der Waals surface area contributed by atoms with Crippen LogP contribution in [0.2, 0.25) is 0 Å². The highest BCUT2D eigenvalue weighted by atomic mass is 16.2. The smallest absolute Gasteiger partial charge is 0.222 e. The lowest BCUT2D eigenvalue weighted by Gasteiger charge is -2.27. The van der Waals surface area contributed by atoms with E-state index in [2.05, 4.69) is 37.0 Å². The van der Waals surface area contributed by atoms with E-state index in [4.69, 9.17) is 0 Å². The Morgan fingerprint density at radius 2 is 2.20 bits per heavy atom. The number of carbonyl (C=O) groups is 1. The summed E-state index contributed by atoms with van der Waals surface area (Å²) in [5.41, 5.74) is 5.18. The maximum Gasteiger partial charge on any atom is 0.222 e. The van der Waals surface area contributed by atoms with Gasteiger partial charge in [-0.15, -0.1) is 0 Å². The molecule has 3 nitrogen and oxygen atoms in total. The molecule has 3 rings (SSSR count). The summed E-state index contributed by atoms with van der Waals surface area (Å²) in [4.78, 5) is 17.4. The average molecular weight is 270 g/mol. The molecule has 0 atom stereocenters. The summed E-state index contributed by atoms with van der Waals surface area (Å²) in [5.74, 6) is 0.784.